The van der Waals surface area contributed by atoms with E-state index in [0.29, 0.717) is 0 Å². The van der Waals surface area contributed by atoms with Crippen molar-refractivity contribution in [3.63, 3.8) is 0 Å². The molecule has 2 nitrogen and oxygen atoms in total. The molecule has 11 heteroatoms. The van der Waals surface area contributed by atoms with Crippen LogP contribution >= 0.6 is 0 Å². The van der Waals surface area contributed by atoms with E-state index in [1.807, 2.05) is 0 Å². The maximum Gasteiger partial charge on any atom is 0.460 e. The first-order valence-electron chi connectivity index (χ1n) is 5.18. The summed E-state index contributed by atoms with van der Waals surface area (Å²) in [4.78, 5) is 11.1. The summed E-state index contributed by atoms with van der Waals surface area (Å²) >= 11 is 0. The predicted molar refractivity (Wildman–Crippen MR) is 48.8 cm³/mol. The summed E-state index contributed by atoms with van der Waals surface area (Å²) < 4.78 is 112. The van der Waals surface area contributed by atoms with Gasteiger partial charge in [-0.3, -0.25) is 4.79 Å². The second-order valence-electron chi connectivity index (χ2n) is 3.70. The van der Waals surface area contributed by atoms with E-state index in [-0.39, 0.29) is 4.90 Å². The van der Waals surface area contributed by atoms with Crippen LogP contribution in [-0.4, -0.2) is 47.8 Å². The third kappa shape index (κ3) is 2.66. The van der Waals surface area contributed by atoms with Crippen molar-refractivity contribution in [3.8, 4) is 0 Å². The second-order valence-corrected chi connectivity index (χ2v) is 3.70. The molecule has 0 rings (SSSR count). The maximum atomic E-state index is 13.1. The predicted octanol–water partition coefficient (Wildman–Crippen LogP) is 3.32. The molecule has 0 aliphatic rings. The molecular weight excluding hydrogens is 309 g/mol. The number of halogens is 9. The van der Waals surface area contributed by atoms with E-state index in [4.69, 9.17) is 0 Å². The van der Waals surface area contributed by atoms with Crippen LogP contribution in [0.2, 0.25) is 0 Å². The fourth-order valence-electron chi connectivity index (χ4n) is 1.22. The van der Waals surface area contributed by atoms with Gasteiger partial charge >= 0.3 is 23.9 Å². The second kappa shape index (κ2) is 5.32. The minimum absolute atomic E-state index is 0.0281. The summed E-state index contributed by atoms with van der Waals surface area (Å²) in [6.07, 6.45) is -6.93. The van der Waals surface area contributed by atoms with Crippen LogP contribution in [-0.2, 0) is 4.79 Å². The fraction of sp³-hybridized carbons (Fsp3) is 0.889. The highest BCUT2D eigenvalue weighted by molar-refractivity contribution is 5.85. The zero-order valence-corrected chi connectivity index (χ0v) is 10.2. The van der Waals surface area contributed by atoms with E-state index >= 15 is 0 Å². The molecule has 0 spiro atoms. The number of rotatable bonds is 5. The summed E-state index contributed by atoms with van der Waals surface area (Å²) in [5.74, 6) is -22.9. The van der Waals surface area contributed by atoms with Crippen molar-refractivity contribution in [2.45, 2.75) is 37.8 Å². The van der Waals surface area contributed by atoms with E-state index in [9.17, 15) is 44.3 Å². The normalized spacial score (nSPS) is 14.3. The first-order valence-corrected chi connectivity index (χ1v) is 5.18. The van der Waals surface area contributed by atoms with Crippen molar-refractivity contribution in [3.05, 3.63) is 0 Å². The lowest BCUT2D eigenvalue weighted by Crippen LogP contribution is -2.65. The van der Waals surface area contributed by atoms with Gasteiger partial charge in [0.2, 0.25) is 0 Å². The van der Waals surface area contributed by atoms with Gasteiger partial charge in [0, 0.05) is 13.1 Å². The van der Waals surface area contributed by atoms with Crippen LogP contribution in [0.5, 0.6) is 0 Å². The Morgan fingerprint density at radius 3 is 1.40 bits per heavy atom. The highest BCUT2D eigenvalue weighted by atomic mass is 19.4. The van der Waals surface area contributed by atoms with Crippen molar-refractivity contribution in [2.24, 2.45) is 0 Å². The Morgan fingerprint density at radius 2 is 1.15 bits per heavy atom. The molecule has 0 saturated heterocycles. The molecule has 0 fully saturated rings. The molecule has 20 heavy (non-hydrogen) atoms. The molecule has 0 N–H and O–H groups in total. The molecular formula is C9H10F9NO. The Bertz CT molecular complexity index is 359. The smallest absolute Gasteiger partial charge is 0.338 e. The van der Waals surface area contributed by atoms with Gasteiger partial charge in [0.05, 0.1) is 0 Å². The van der Waals surface area contributed by atoms with E-state index < -0.39 is 42.9 Å². The summed E-state index contributed by atoms with van der Waals surface area (Å²) in [6.45, 7) is 1.02. The molecule has 0 aromatic heterocycles. The number of carbonyl (C=O) groups excluding carboxylic acids is 1. The Hall–Kier alpha value is -1.16. The van der Waals surface area contributed by atoms with E-state index in [1.165, 1.54) is 0 Å². The summed E-state index contributed by atoms with van der Waals surface area (Å²) in [6, 6.07) is 0. The highest BCUT2D eigenvalue weighted by Gasteiger charge is 2.84. The van der Waals surface area contributed by atoms with E-state index in [1.54, 1.807) is 0 Å². The van der Waals surface area contributed by atoms with Crippen LogP contribution in [0.25, 0.3) is 0 Å². The zero-order chi connectivity index (χ0) is 16.6. The number of nitrogens with zero attached hydrogens (tertiary/aromatic N) is 1. The van der Waals surface area contributed by atoms with E-state index in [0.717, 1.165) is 13.8 Å². The quantitative estimate of drug-likeness (QED) is 0.712. The van der Waals surface area contributed by atoms with Crippen LogP contribution in [0.15, 0.2) is 0 Å². The SMILES string of the molecule is CCN(CC)C(=O)C(F)(F)C(F)(F)C(F)(F)C(F)(F)F. The van der Waals surface area contributed by atoms with Gasteiger partial charge in [0.15, 0.2) is 0 Å². The minimum atomic E-state index is -7.05. The third-order valence-corrected chi connectivity index (χ3v) is 2.46. The Morgan fingerprint density at radius 1 is 0.800 bits per heavy atom. The number of amides is 1. The van der Waals surface area contributed by atoms with Crippen LogP contribution in [0.3, 0.4) is 0 Å². The number of hydrogen-bond donors (Lipinski definition) is 0. The van der Waals surface area contributed by atoms with Crippen molar-refractivity contribution in [2.75, 3.05) is 13.1 Å². The molecule has 0 saturated carbocycles. The maximum absolute atomic E-state index is 13.1. The van der Waals surface area contributed by atoms with Crippen molar-refractivity contribution in [1.29, 1.82) is 0 Å². The Labute approximate surface area is 107 Å². The van der Waals surface area contributed by atoms with Crippen molar-refractivity contribution < 1.29 is 44.3 Å². The first-order chi connectivity index (χ1) is 8.68. The number of alkyl halides is 9. The minimum Gasteiger partial charge on any atom is -0.338 e. The topological polar surface area (TPSA) is 20.3 Å². The molecule has 0 atom stereocenters. The van der Waals surface area contributed by atoms with E-state index in [2.05, 4.69) is 0 Å². The van der Waals surface area contributed by atoms with Gasteiger partial charge in [-0.15, -0.1) is 0 Å². The zero-order valence-electron chi connectivity index (χ0n) is 10.2. The van der Waals surface area contributed by atoms with Crippen LogP contribution in [0.1, 0.15) is 13.8 Å². The lowest BCUT2D eigenvalue weighted by Gasteiger charge is -2.34. The third-order valence-electron chi connectivity index (χ3n) is 2.46. The number of carbonyl (C=O) groups is 1. The van der Waals surface area contributed by atoms with Crippen molar-refractivity contribution >= 4 is 5.91 Å². The average Bonchev–Trinajstić information content (AvgIpc) is 2.28. The summed E-state index contributed by atoms with van der Waals surface area (Å²) in [5, 5.41) is 0. The molecule has 0 heterocycles. The molecule has 0 aromatic carbocycles. The molecule has 0 bridgehead atoms. The first kappa shape index (κ1) is 18.8. The van der Waals surface area contributed by atoms with Gasteiger partial charge in [0.1, 0.15) is 0 Å². The van der Waals surface area contributed by atoms with Crippen LogP contribution in [0, 0.1) is 0 Å². The van der Waals surface area contributed by atoms with Crippen LogP contribution in [0.4, 0.5) is 39.5 Å². The average molecular weight is 319 g/mol. The molecule has 1 amide bonds. The number of hydrogen-bond acceptors (Lipinski definition) is 1. The summed E-state index contributed by atoms with van der Waals surface area (Å²) in [7, 11) is 0. The van der Waals surface area contributed by atoms with Gasteiger partial charge in [-0.05, 0) is 13.8 Å². The molecule has 120 valence electrons. The van der Waals surface area contributed by atoms with Gasteiger partial charge in [-0.1, -0.05) is 0 Å². The monoisotopic (exact) mass is 319 g/mol. The van der Waals surface area contributed by atoms with Crippen LogP contribution < -0.4 is 0 Å². The molecule has 0 aromatic rings. The lowest BCUT2D eigenvalue weighted by molar-refractivity contribution is -0.389. The van der Waals surface area contributed by atoms with Crippen molar-refractivity contribution in [1.82, 2.24) is 4.90 Å². The Kier molecular flexibility index (Phi) is 5.01. The molecule has 0 unspecified atom stereocenters. The standard InChI is InChI=1S/C9H10F9NO/c1-3-19(4-2)5(20)6(10,11)7(12,13)8(14,15)9(16,17)18/h3-4H2,1-2H3. The van der Waals surface area contributed by atoms with Gasteiger partial charge in [0.25, 0.3) is 5.91 Å². The van der Waals surface area contributed by atoms with Gasteiger partial charge < -0.3 is 4.90 Å². The van der Waals surface area contributed by atoms with Gasteiger partial charge in [-0.2, -0.15) is 39.5 Å². The van der Waals surface area contributed by atoms with Gasteiger partial charge in [-0.25, -0.2) is 0 Å². The Balaban J connectivity index is 5.75. The molecule has 0 radical (unpaired) electrons. The summed E-state index contributed by atoms with van der Waals surface area (Å²) in [5.41, 5.74) is 0. The molecule has 0 aliphatic carbocycles. The highest BCUT2D eigenvalue weighted by Crippen LogP contribution is 2.53. The largest absolute Gasteiger partial charge is 0.460 e. The fourth-order valence-corrected chi connectivity index (χ4v) is 1.22. The molecule has 0 aliphatic heterocycles. The lowest BCUT2D eigenvalue weighted by atomic mass is 10.0.